The summed E-state index contributed by atoms with van der Waals surface area (Å²) < 4.78 is 5.14. The highest BCUT2D eigenvalue weighted by molar-refractivity contribution is 8.67. The summed E-state index contributed by atoms with van der Waals surface area (Å²) >= 11 is 6.20. The second-order valence-electron chi connectivity index (χ2n) is 2.20. The van der Waals surface area contributed by atoms with E-state index >= 15 is 0 Å². The average Bonchev–Trinajstić information content (AvgIpc) is 2.05. The van der Waals surface area contributed by atoms with E-state index in [4.69, 9.17) is 16.3 Å². The van der Waals surface area contributed by atoms with Gasteiger partial charge in [-0.25, -0.2) is 0 Å². The molecule has 0 aliphatic rings. The fourth-order valence-corrected chi connectivity index (χ4v) is 3.28. The van der Waals surface area contributed by atoms with Gasteiger partial charge in [0.2, 0.25) is 5.69 Å². The smallest absolute Gasteiger partial charge is 0.245 e. The third-order valence-electron chi connectivity index (χ3n) is 1.14. The molecule has 0 bridgehead atoms. The lowest BCUT2D eigenvalue weighted by Crippen LogP contribution is -1.86. The van der Waals surface area contributed by atoms with E-state index in [1.807, 2.05) is 38.2 Å². The Balaban J connectivity index is 3.73. The minimum Gasteiger partial charge on any atom is -0.337 e. The maximum atomic E-state index is 9.57. The van der Waals surface area contributed by atoms with Crippen LogP contribution in [0.25, 0.3) is 0 Å². The fraction of sp³-hybridized carbons (Fsp3) is 0.500. The van der Waals surface area contributed by atoms with Crippen molar-refractivity contribution < 1.29 is 9.42 Å². The van der Waals surface area contributed by atoms with Gasteiger partial charge < -0.3 is 9.42 Å². The molecule has 0 radical (unpaired) electrons. The highest BCUT2D eigenvalue weighted by Gasteiger charge is 2.11. The molecule has 1 atom stereocenters. The van der Waals surface area contributed by atoms with Gasteiger partial charge in [-0.2, -0.15) is 0 Å². The lowest BCUT2D eigenvalue weighted by atomic mass is 10.6. The van der Waals surface area contributed by atoms with Crippen LogP contribution in [0.2, 0.25) is 0 Å². The summed E-state index contributed by atoms with van der Waals surface area (Å²) in [6, 6.07) is 0. The molecule has 0 aromatic heterocycles. The molecular weight excluding hydrogens is 223 g/mol. The Morgan fingerprint density at radius 1 is 1.38 bits per heavy atom. The first-order valence-electron chi connectivity index (χ1n) is 3.96. The van der Waals surface area contributed by atoms with E-state index in [0.29, 0.717) is 12.4 Å². The van der Waals surface area contributed by atoms with Gasteiger partial charge in [0.25, 0.3) is 0 Å². The Morgan fingerprint density at radius 2 is 2.00 bits per heavy atom. The van der Waals surface area contributed by atoms with Crippen molar-refractivity contribution >= 4 is 28.9 Å². The molecule has 0 amide bonds. The SMILES string of the molecule is CC=CCOP(O)(=S)SCC=CC. The summed E-state index contributed by atoms with van der Waals surface area (Å²) in [4.78, 5) is 9.57. The second-order valence-corrected chi connectivity index (χ2v) is 8.42. The van der Waals surface area contributed by atoms with Gasteiger partial charge >= 0.3 is 0 Å². The van der Waals surface area contributed by atoms with Gasteiger partial charge in [0.05, 0.1) is 6.61 Å². The highest BCUT2D eigenvalue weighted by atomic mass is 32.9. The molecule has 0 aromatic rings. The Hall–Kier alpha value is 0.400. The lowest BCUT2D eigenvalue weighted by Gasteiger charge is -2.11. The monoisotopic (exact) mass is 238 g/mol. The van der Waals surface area contributed by atoms with Crippen molar-refractivity contribution in [2.24, 2.45) is 0 Å². The van der Waals surface area contributed by atoms with Gasteiger partial charge in [0.15, 0.2) is 0 Å². The van der Waals surface area contributed by atoms with Crippen molar-refractivity contribution in [3.63, 3.8) is 0 Å². The first-order chi connectivity index (χ1) is 6.12. The van der Waals surface area contributed by atoms with Gasteiger partial charge in [0.1, 0.15) is 0 Å². The predicted molar refractivity (Wildman–Crippen MR) is 64.5 cm³/mol. The Labute approximate surface area is 89.0 Å². The number of hydrogen-bond acceptors (Lipinski definition) is 3. The molecule has 2 nitrogen and oxygen atoms in total. The van der Waals surface area contributed by atoms with Gasteiger partial charge in [-0.15, -0.1) is 0 Å². The van der Waals surface area contributed by atoms with Crippen molar-refractivity contribution in [1.29, 1.82) is 0 Å². The predicted octanol–water partition coefficient (Wildman–Crippen LogP) is 3.11. The molecule has 0 aliphatic heterocycles. The zero-order chi connectivity index (χ0) is 10.2. The normalized spacial score (nSPS) is 16.8. The Kier molecular flexibility index (Phi) is 8.01. The summed E-state index contributed by atoms with van der Waals surface area (Å²) in [6.07, 6.45) is 7.56. The van der Waals surface area contributed by atoms with Crippen LogP contribution in [0.4, 0.5) is 0 Å². The van der Waals surface area contributed by atoms with Gasteiger partial charge in [0, 0.05) is 5.75 Å². The van der Waals surface area contributed by atoms with E-state index in [0.717, 1.165) is 0 Å². The van der Waals surface area contributed by atoms with Crippen molar-refractivity contribution in [2.45, 2.75) is 13.8 Å². The van der Waals surface area contributed by atoms with Crippen molar-refractivity contribution in [1.82, 2.24) is 0 Å². The molecule has 0 saturated heterocycles. The maximum Gasteiger partial charge on any atom is 0.245 e. The van der Waals surface area contributed by atoms with Crippen LogP contribution in [0, 0.1) is 0 Å². The van der Waals surface area contributed by atoms with Crippen LogP contribution >= 0.6 is 17.1 Å². The van der Waals surface area contributed by atoms with E-state index in [9.17, 15) is 4.89 Å². The van der Waals surface area contributed by atoms with Crippen molar-refractivity contribution in [3.8, 4) is 0 Å². The summed E-state index contributed by atoms with van der Waals surface area (Å²) in [5.41, 5.74) is -2.60. The molecule has 0 rings (SSSR count). The molecule has 0 aromatic carbocycles. The second kappa shape index (κ2) is 7.77. The van der Waals surface area contributed by atoms with Crippen LogP contribution in [-0.4, -0.2) is 17.3 Å². The van der Waals surface area contributed by atoms with E-state index < -0.39 is 5.69 Å². The number of allylic oxidation sites excluding steroid dienone is 2. The van der Waals surface area contributed by atoms with Crippen LogP contribution in [0.5, 0.6) is 0 Å². The number of hydrogen-bond donors (Lipinski definition) is 1. The lowest BCUT2D eigenvalue weighted by molar-refractivity contribution is 0.361. The van der Waals surface area contributed by atoms with Crippen LogP contribution in [-0.2, 0) is 16.3 Å². The van der Waals surface area contributed by atoms with Crippen LogP contribution in [0.3, 0.4) is 0 Å². The summed E-state index contributed by atoms with van der Waals surface area (Å²) in [5, 5.41) is 0. The average molecular weight is 238 g/mol. The van der Waals surface area contributed by atoms with Crippen molar-refractivity contribution in [2.75, 3.05) is 12.4 Å². The highest BCUT2D eigenvalue weighted by Crippen LogP contribution is 2.55. The van der Waals surface area contributed by atoms with Crippen LogP contribution in [0.1, 0.15) is 13.8 Å². The molecule has 0 saturated carbocycles. The van der Waals surface area contributed by atoms with Crippen LogP contribution in [0.15, 0.2) is 24.3 Å². The van der Waals surface area contributed by atoms with E-state index in [1.54, 1.807) is 0 Å². The zero-order valence-electron chi connectivity index (χ0n) is 7.84. The molecule has 1 N–H and O–H groups in total. The molecule has 76 valence electrons. The first-order valence-corrected chi connectivity index (χ1v) is 8.23. The minimum atomic E-state index is -2.60. The maximum absolute atomic E-state index is 9.57. The standard InChI is InChI=1S/C8H15O2PS2/c1-3-5-7-10-11(9,12)13-8-6-4-2/h3-6H,7-8H2,1-2H3,(H,9,12). The minimum absolute atomic E-state index is 0.396. The number of rotatable bonds is 6. The molecule has 0 spiro atoms. The zero-order valence-corrected chi connectivity index (χ0v) is 10.4. The van der Waals surface area contributed by atoms with E-state index in [2.05, 4.69) is 0 Å². The van der Waals surface area contributed by atoms with E-state index in [1.165, 1.54) is 11.4 Å². The first kappa shape index (κ1) is 13.4. The molecule has 0 fully saturated rings. The largest absolute Gasteiger partial charge is 0.337 e. The molecule has 0 aliphatic carbocycles. The van der Waals surface area contributed by atoms with Gasteiger partial charge in [-0.3, -0.25) is 0 Å². The molecule has 5 heteroatoms. The fourth-order valence-electron chi connectivity index (χ4n) is 0.504. The van der Waals surface area contributed by atoms with E-state index in [-0.39, 0.29) is 0 Å². The van der Waals surface area contributed by atoms with Crippen LogP contribution < -0.4 is 0 Å². The topological polar surface area (TPSA) is 29.5 Å². The van der Waals surface area contributed by atoms with Crippen molar-refractivity contribution in [3.05, 3.63) is 24.3 Å². The quantitative estimate of drug-likeness (QED) is 0.569. The molecule has 13 heavy (non-hydrogen) atoms. The summed E-state index contributed by atoms with van der Waals surface area (Å²) in [6.45, 7) is 4.23. The Morgan fingerprint density at radius 3 is 2.54 bits per heavy atom. The molecular formula is C8H15O2PS2. The van der Waals surface area contributed by atoms with Gasteiger partial charge in [-0.1, -0.05) is 35.7 Å². The summed E-state index contributed by atoms with van der Waals surface area (Å²) in [5.74, 6) is 0.708. The van der Waals surface area contributed by atoms with Gasteiger partial charge in [-0.05, 0) is 25.7 Å². The molecule has 1 unspecified atom stereocenters. The summed E-state index contributed by atoms with van der Waals surface area (Å²) in [7, 11) is 0. The third-order valence-corrected chi connectivity index (χ3v) is 5.29. The third kappa shape index (κ3) is 8.72. The molecule has 0 heterocycles. The Bertz CT molecular complexity index is 206.